The van der Waals surface area contributed by atoms with E-state index in [1.165, 1.54) is 32.1 Å². The van der Waals surface area contributed by atoms with E-state index < -0.39 is 0 Å². The van der Waals surface area contributed by atoms with Crippen LogP contribution in [-0.2, 0) is 0 Å². The first-order chi connectivity index (χ1) is 9.15. The molecule has 1 aromatic rings. The van der Waals surface area contributed by atoms with Gasteiger partial charge in [0.1, 0.15) is 5.75 Å². The van der Waals surface area contributed by atoms with Crippen molar-refractivity contribution in [3.05, 3.63) is 29.3 Å². The van der Waals surface area contributed by atoms with E-state index in [1.54, 1.807) is 6.92 Å². The Morgan fingerprint density at radius 1 is 1.11 bits per heavy atom. The van der Waals surface area contributed by atoms with Gasteiger partial charge in [-0.15, -0.1) is 0 Å². The topological polar surface area (TPSA) is 26.3 Å². The Kier molecular flexibility index (Phi) is 7.24. The first-order valence-corrected chi connectivity index (χ1v) is 7.39. The first-order valence-electron chi connectivity index (χ1n) is 7.39. The lowest BCUT2D eigenvalue weighted by atomic mass is 10.1. The second-order valence-corrected chi connectivity index (χ2v) is 5.15. The van der Waals surface area contributed by atoms with Crippen molar-refractivity contribution in [2.24, 2.45) is 0 Å². The molecular weight excluding hydrogens is 236 g/mol. The smallest absolute Gasteiger partial charge is 0.159 e. The molecule has 0 atom stereocenters. The predicted octanol–water partition coefficient (Wildman–Crippen LogP) is 4.94. The number of ketones is 1. The lowest BCUT2D eigenvalue weighted by Gasteiger charge is -2.10. The highest BCUT2D eigenvalue weighted by Crippen LogP contribution is 2.20. The van der Waals surface area contributed by atoms with Gasteiger partial charge in [-0.2, -0.15) is 0 Å². The molecular formula is C17H26O2. The van der Waals surface area contributed by atoms with Crippen molar-refractivity contribution in [3.63, 3.8) is 0 Å². The highest BCUT2D eigenvalue weighted by atomic mass is 16.5. The van der Waals surface area contributed by atoms with E-state index in [-0.39, 0.29) is 5.78 Å². The van der Waals surface area contributed by atoms with E-state index in [0.29, 0.717) is 0 Å². The van der Waals surface area contributed by atoms with Crippen LogP contribution in [0.5, 0.6) is 5.75 Å². The molecule has 2 nitrogen and oxygen atoms in total. The fourth-order valence-corrected chi connectivity index (χ4v) is 2.09. The lowest BCUT2D eigenvalue weighted by Crippen LogP contribution is -2.00. The molecule has 1 aromatic carbocycles. The quantitative estimate of drug-likeness (QED) is 0.465. The van der Waals surface area contributed by atoms with Crippen molar-refractivity contribution in [2.45, 2.75) is 59.3 Å². The van der Waals surface area contributed by atoms with Crippen LogP contribution in [0.2, 0.25) is 0 Å². The zero-order valence-electron chi connectivity index (χ0n) is 12.5. The molecule has 0 aliphatic rings. The second kappa shape index (κ2) is 8.73. The highest BCUT2D eigenvalue weighted by molar-refractivity contribution is 5.94. The standard InChI is InChI=1S/C17H26O2/c1-4-5-6-7-8-9-12-19-17-11-10-16(15(3)18)13-14(17)2/h10-11,13H,4-9,12H2,1-3H3. The van der Waals surface area contributed by atoms with Crippen LogP contribution < -0.4 is 4.74 Å². The van der Waals surface area contributed by atoms with Crippen LogP contribution in [0.3, 0.4) is 0 Å². The van der Waals surface area contributed by atoms with Gasteiger partial charge in [0.25, 0.3) is 0 Å². The molecule has 0 spiro atoms. The molecule has 0 saturated carbocycles. The van der Waals surface area contributed by atoms with Crippen LogP contribution in [-0.4, -0.2) is 12.4 Å². The summed E-state index contributed by atoms with van der Waals surface area (Å²) < 4.78 is 5.77. The van der Waals surface area contributed by atoms with Crippen LogP contribution in [0.1, 0.15) is 68.3 Å². The van der Waals surface area contributed by atoms with Crippen molar-refractivity contribution >= 4 is 5.78 Å². The largest absolute Gasteiger partial charge is 0.493 e. The second-order valence-electron chi connectivity index (χ2n) is 5.15. The molecule has 0 heterocycles. The Morgan fingerprint density at radius 2 is 1.79 bits per heavy atom. The highest BCUT2D eigenvalue weighted by Gasteiger charge is 2.04. The van der Waals surface area contributed by atoms with Gasteiger partial charge in [-0.25, -0.2) is 0 Å². The van der Waals surface area contributed by atoms with Crippen molar-refractivity contribution in [2.75, 3.05) is 6.61 Å². The molecule has 0 radical (unpaired) electrons. The molecule has 19 heavy (non-hydrogen) atoms. The summed E-state index contributed by atoms with van der Waals surface area (Å²) in [6.07, 6.45) is 7.62. The molecule has 0 saturated heterocycles. The summed E-state index contributed by atoms with van der Waals surface area (Å²) >= 11 is 0. The van der Waals surface area contributed by atoms with E-state index in [9.17, 15) is 4.79 Å². The number of hydrogen-bond acceptors (Lipinski definition) is 2. The molecule has 2 heteroatoms. The molecule has 106 valence electrons. The van der Waals surface area contributed by atoms with Gasteiger partial charge < -0.3 is 4.74 Å². The minimum atomic E-state index is 0.102. The number of rotatable bonds is 9. The molecule has 0 N–H and O–H groups in total. The molecule has 0 aliphatic heterocycles. The molecule has 0 aromatic heterocycles. The predicted molar refractivity (Wildman–Crippen MR) is 80.1 cm³/mol. The normalized spacial score (nSPS) is 10.5. The van der Waals surface area contributed by atoms with Crippen LogP contribution in [0, 0.1) is 6.92 Å². The maximum absolute atomic E-state index is 11.3. The van der Waals surface area contributed by atoms with E-state index >= 15 is 0 Å². The average molecular weight is 262 g/mol. The van der Waals surface area contributed by atoms with Gasteiger partial charge in [0.2, 0.25) is 0 Å². The van der Waals surface area contributed by atoms with Crippen molar-refractivity contribution in [1.82, 2.24) is 0 Å². The first kappa shape index (κ1) is 15.7. The summed E-state index contributed by atoms with van der Waals surface area (Å²) in [5.41, 5.74) is 1.79. The van der Waals surface area contributed by atoms with Crippen LogP contribution in [0.15, 0.2) is 18.2 Å². The van der Waals surface area contributed by atoms with Gasteiger partial charge in [-0.3, -0.25) is 4.79 Å². The Labute approximate surface area is 117 Å². The zero-order valence-corrected chi connectivity index (χ0v) is 12.5. The average Bonchev–Trinajstić information content (AvgIpc) is 2.39. The van der Waals surface area contributed by atoms with Gasteiger partial charge >= 0.3 is 0 Å². The summed E-state index contributed by atoms with van der Waals surface area (Å²) in [5, 5.41) is 0. The monoisotopic (exact) mass is 262 g/mol. The number of aryl methyl sites for hydroxylation is 1. The van der Waals surface area contributed by atoms with Crippen molar-refractivity contribution in [3.8, 4) is 5.75 Å². The van der Waals surface area contributed by atoms with Gasteiger partial charge in [-0.1, -0.05) is 39.0 Å². The van der Waals surface area contributed by atoms with E-state index in [2.05, 4.69) is 6.92 Å². The number of carbonyl (C=O) groups excluding carboxylic acids is 1. The third kappa shape index (κ3) is 5.91. The van der Waals surface area contributed by atoms with Crippen LogP contribution in [0.4, 0.5) is 0 Å². The summed E-state index contributed by atoms with van der Waals surface area (Å²) in [6, 6.07) is 5.65. The molecule has 1 rings (SSSR count). The number of benzene rings is 1. The maximum atomic E-state index is 11.3. The number of carbonyl (C=O) groups is 1. The van der Waals surface area contributed by atoms with E-state index in [0.717, 1.165) is 29.9 Å². The Morgan fingerprint density at radius 3 is 2.42 bits per heavy atom. The van der Waals surface area contributed by atoms with E-state index in [4.69, 9.17) is 4.74 Å². The Balaban J connectivity index is 2.28. The van der Waals surface area contributed by atoms with Gasteiger partial charge in [-0.05, 0) is 44.0 Å². The maximum Gasteiger partial charge on any atom is 0.159 e. The fraction of sp³-hybridized carbons (Fsp3) is 0.588. The lowest BCUT2D eigenvalue weighted by molar-refractivity contribution is 0.101. The van der Waals surface area contributed by atoms with E-state index in [1.807, 2.05) is 25.1 Å². The molecule has 0 unspecified atom stereocenters. The van der Waals surface area contributed by atoms with Gasteiger partial charge in [0.15, 0.2) is 5.78 Å². The summed E-state index contributed by atoms with van der Waals surface area (Å²) in [5.74, 6) is 1.00. The fourth-order valence-electron chi connectivity index (χ4n) is 2.09. The van der Waals surface area contributed by atoms with Crippen molar-refractivity contribution < 1.29 is 9.53 Å². The number of ether oxygens (including phenoxy) is 1. The zero-order chi connectivity index (χ0) is 14.1. The minimum absolute atomic E-state index is 0.102. The third-order valence-corrected chi connectivity index (χ3v) is 3.34. The molecule has 0 aliphatic carbocycles. The molecule has 0 amide bonds. The van der Waals surface area contributed by atoms with Gasteiger partial charge in [0, 0.05) is 5.56 Å². The summed E-state index contributed by atoms with van der Waals surface area (Å²) in [7, 11) is 0. The van der Waals surface area contributed by atoms with Crippen molar-refractivity contribution in [1.29, 1.82) is 0 Å². The molecule has 0 fully saturated rings. The number of Topliss-reactive ketones (excluding diaryl/α,β-unsaturated/α-hetero) is 1. The number of hydrogen-bond donors (Lipinski definition) is 0. The minimum Gasteiger partial charge on any atom is -0.493 e. The molecule has 0 bridgehead atoms. The Bertz CT molecular complexity index is 396. The van der Waals surface area contributed by atoms with Crippen LogP contribution in [0.25, 0.3) is 0 Å². The summed E-state index contributed by atoms with van der Waals surface area (Å²) in [4.78, 5) is 11.3. The number of unbranched alkanes of at least 4 members (excludes halogenated alkanes) is 5. The van der Waals surface area contributed by atoms with Gasteiger partial charge in [0.05, 0.1) is 6.61 Å². The Hall–Kier alpha value is -1.31. The SMILES string of the molecule is CCCCCCCCOc1ccc(C(C)=O)cc1C. The van der Waals surface area contributed by atoms with Crippen LogP contribution >= 0.6 is 0 Å². The third-order valence-electron chi connectivity index (χ3n) is 3.34. The summed E-state index contributed by atoms with van der Waals surface area (Å²) in [6.45, 7) is 6.58.